The third-order valence-electron chi connectivity index (χ3n) is 6.44. The van der Waals surface area contributed by atoms with Crippen molar-refractivity contribution in [3.8, 4) is 0 Å². The van der Waals surface area contributed by atoms with E-state index in [1.54, 1.807) is 7.11 Å². The molecular formula is C22H33NO7. The first kappa shape index (κ1) is 22.9. The van der Waals surface area contributed by atoms with Crippen molar-refractivity contribution < 1.29 is 33.3 Å². The summed E-state index contributed by atoms with van der Waals surface area (Å²) in [5.41, 5.74) is 0.520. The van der Waals surface area contributed by atoms with Crippen molar-refractivity contribution in [2.24, 2.45) is 5.92 Å². The number of hydrogen-bond donors (Lipinski definition) is 1. The largest absolute Gasteiger partial charge is 0.443 e. The number of ketones is 1. The summed E-state index contributed by atoms with van der Waals surface area (Å²) in [7, 11) is 1.60. The van der Waals surface area contributed by atoms with Crippen LogP contribution in [0.3, 0.4) is 0 Å². The highest BCUT2D eigenvalue weighted by molar-refractivity contribution is 5.93. The fourth-order valence-electron chi connectivity index (χ4n) is 4.70. The minimum absolute atomic E-state index is 0.0413. The molecule has 1 N–H and O–H groups in total. The molecule has 1 aliphatic carbocycles. The lowest BCUT2D eigenvalue weighted by atomic mass is 9.68. The van der Waals surface area contributed by atoms with Gasteiger partial charge in [0.1, 0.15) is 29.2 Å². The van der Waals surface area contributed by atoms with Crippen molar-refractivity contribution in [3.05, 3.63) is 11.6 Å². The standard InChI is InChI=1S/C22H33NO7/c1-13(2)6-8-16-21(4,30-16)19-18(27-5)15(10-11-22(19)12-28-22)29-20(26)23-17(25)9-7-14(3)24/h6,15-16,18-19H,7-12H2,1-5H3,(H,23,25,26)/t15-,16-,18-,19-,21+,22+/m1/s1. The summed E-state index contributed by atoms with van der Waals surface area (Å²) in [6.45, 7) is 8.24. The molecule has 6 atom stereocenters. The second-order valence-electron chi connectivity index (χ2n) is 9.07. The number of allylic oxidation sites excluding steroid dienone is 1. The van der Waals surface area contributed by atoms with E-state index in [4.69, 9.17) is 18.9 Å². The molecule has 3 aliphatic rings. The zero-order valence-electron chi connectivity index (χ0n) is 18.5. The molecule has 2 amide bonds. The molecule has 8 nitrogen and oxygen atoms in total. The van der Waals surface area contributed by atoms with Gasteiger partial charge in [0.2, 0.25) is 5.91 Å². The van der Waals surface area contributed by atoms with Gasteiger partial charge in [-0.25, -0.2) is 4.79 Å². The minimum atomic E-state index is -0.815. The van der Waals surface area contributed by atoms with Crippen LogP contribution in [0.1, 0.15) is 59.8 Å². The first-order chi connectivity index (χ1) is 14.1. The summed E-state index contributed by atoms with van der Waals surface area (Å²) in [5.74, 6) is -0.716. The molecule has 0 aromatic rings. The van der Waals surface area contributed by atoms with Crippen molar-refractivity contribution in [3.63, 3.8) is 0 Å². The number of nitrogens with one attached hydrogen (secondary N) is 1. The van der Waals surface area contributed by atoms with E-state index in [1.807, 2.05) is 0 Å². The SMILES string of the molecule is CO[C@@H]1[C@H](OC(=O)NC(=O)CCC(C)=O)CC[C@]2(CO2)[C@H]1[C@@]1(C)O[C@@H]1CC=C(C)C. The highest BCUT2D eigenvalue weighted by atomic mass is 16.6. The Morgan fingerprint density at radius 2 is 1.90 bits per heavy atom. The van der Waals surface area contributed by atoms with Crippen LogP contribution in [0.25, 0.3) is 0 Å². The molecule has 0 aromatic heterocycles. The van der Waals surface area contributed by atoms with Crippen molar-refractivity contribution in [1.29, 1.82) is 0 Å². The smallest absolute Gasteiger partial charge is 0.414 e. The second kappa shape index (κ2) is 8.77. The fourth-order valence-corrected chi connectivity index (χ4v) is 4.70. The Hall–Kier alpha value is -1.77. The van der Waals surface area contributed by atoms with Crippen LogP contribution in [0, 0.1) is 5.92 Å². The number of imide groups is 1. The average Bonchev–Trinajstić information content (AvgIpc) is 3.57. The van der Waals surface area contributed by atoms with Crippen LogP contribution < -0.4 is 5.32 Å². The van der Waals surface area contributed by atoms with Crippen LogP contribution in [0.4, 0.5) is 4.79 Å². The van der Waals surface area contributed by atoms with Gasteiger partial charge < -0.3 is 23.7 Å². The maximum Gasteiger partial charge on any atom is 0.414 e. The molecule has 30 heavy (non-hydrogen) atoms. The monoisotopic (exact) mass is 423 g/mol. The fraction of sp³-hybridized carbons (Fsp3) is 0.773. The average molecular weight is 424 g/mol. The van der Waals surface area contributed by atoms with Crippen LogP contribution in [0.5, 0.6) is 0 Å². The number of amides is 2. The first-order valence-electron chi connectivity index (χ1n) is 10.6. The third-order valence-corrected chi connectivity index (χ3v) is 6.44. The number of epoxide rings is 2. The lowest BCUT2D eigenvalue weighted by Crippen LogP contribution is -2.56. The van der Waals surface area contributed by atoms with E-state index in [0.29, 0.717) is 13.0 Å². The van der Waals surface area contributed by atoms with E-state index >= 15 is 0 Å². The number of ether oxygens (including phenoxy) is 4. The second-order valence-corrected chi connectivity index (χ2v) is 9.07. The topological polar surface area (TPSA) is 107 Å². The van der Waals surface area contributed by atoms with Crippen molar-refractivity contribution in [2.45, 2.75) is 89.3 Å². The van der Waals surface area contributed by atoms with E-state index in [9.17, 15) is 14.4 Å². The Balaban J connectivity index is 1.65. The summed E-state index contributed by atoms with van der Waals surface area (Å²) in [6.07, 6.45) is 2.69. The van der Waals surface area contributed by atoms with E-state index in [0.717, 1.165) is 12.8 Å². The molecule has 2 heterocycles. The molecule has 3 fully saturated rings. The maximum atomic E-state index is 12.3. The number of methoxy groups -OCH3 is 1. The van der Waals surface area contributed by atoms with Gasteiger partial charge in [-0.15, -0.1) is 0 Å². The molecule has 0 unspecified atom stereocenters. The molecule has 0 radical (unpaired) electrons. The molecule has 1 saturated carbocycles. The number of carbonyl (C=O) groups excluding carboxylic acids is 3. The summed E-state index contributed by atoms with van der Waals surface area (Å²) in [4.78, 5) is 35.1. The predicted octanol–water partition coefficient (Wildman–Crippen LogP) is 2.68. The van der Waals surface area contributed by atoms with Gasteiger partial charge in [-0.3, -0.25) is 10.1 Å². The summed E-state index contributed by atoms with van der Waals surface area (Å²) in [6, 6.07) is 0. The molecule has 3 rings (SSSR count). The molecule has 0 aromatic carbocycles. The van der Waals surface area contributed by atoms with Gasteiger partial charge >= 0.3 is 6.09 Å². The van der Waals surface area contributed by atoms with Crippen LogP contribution in [0.2, 0.25) is 0 Å². The Morgan fingerprint density at radius 3 is 2.47 bits per heavy atom. The van der Waals surface area contributed by atoms with E-state index in [1.165, 1.54) is 12.5 Å². The lowest BCUT2D eigenvalue weighted by Gasteiger charge is -2.42. The summed E-state index contributed by atoms with van der Waals surface area (Å²) in [5, 5.41) is 2.20. The minimum Gasteiger partial charge on any atom is -0.443 e. The molecule has 2 saturated heterocycles. The molecule has 8 heteroatoms. The first-order valence-corrected chi connectivity index (χ1v) is 10.6. The third kappa shape index (κ3) is 4.92. The highest BCUT2D eigenvalue weighted by Crippen LogP contribution is 2.59. The van der Waals surface area contributed by atoms with Gasteiger partial charge in [0.15, 0.2) is 0 Å². The van der Waals surface area contributed by atoms with Crippen LogP contribution >= 0.6 is 0 Å². The molecular weight excluding hydrogens is 390 g/mol. The van der Waals surface area contributed by atoms with Crippen LogP contribution in [-0.2, 0) is 28.5 Å². The number of Topliss-reactive ketones (excluding diaryl/α,β-unsaturated/α-hetero) is 1. The number of alkyl carbamates (subject to hydrolysis) is 1. The van der Waals surface area contributed by atoms with Gasteiger partial charge in [0.25, 0.3) is 0 Å². The zero-order valence-corrected chi connectivity index (χ0v) is 18.5. The number of carbonyl (C=O) groups is 3. The maximum absolute atomic E-state index is 12.3. The van der Waals surface area contributed by atoms with E-state index in [2.05, 4.69) is 32.2 Å². The Morgan fingerprint density at radius 1 is 1.20 bits per heavy atom. The van der Waals surface area contributed by atoms with Crippen molar-refractivity contribution >= 4 is 17.8 Å². The normalized spacial score (nSPS) is 36.7. The van der Waals surface area contributed by atoms with Crippen molar-refractivity contribution in [1.82, 2.24) is 5.32 Å². The van der Waals surface area contributed by atoms with E-state index < -0.39 is 29.8 Å². The van der Waals surface area contributed by atoms with Gasteiger partial charge in [-0.05, 0) is 47.0 Å². The molecule has 2 aliphatic heterocycles. The van der Waals surface area contributed by atoms with Gasteiger partial charge in [0.05, 0.1) is 18.6 Å². The zero-order chi connectivity index (χ0) is 22.1. The summed E-state index contributed by atoms with van der Waals surface area (Å²) < 4.78 is 23.4. The van der Waals surface area contributed by atoms with Gasteiger partial charge in [0, 0.05) is 20.0 Å². The highest BCUT2D eigenvalue weighted by Gasteiger charge is 2.72. The van der Waals surface area contributed by atoms with Crippen molar-refractivity contribution in [2.75, 3.05) is 13.7 Å². The predicted molar refractivity (Wildman–Crippen MR) is 108 cm³/mol. The molecule has 0 bridgehead atoms. The number of rotatable bonds is 8. The molecule has 1 spiro atoms. The molecule has 168 valence electrons. The summed E-state index contributed by atoms with van der Waals surface area (Å²) >= 11 is 0. The Kier molecular flexibility index (Phi) is 6.69. The van der Waals surface area contributed by atoms with Gasteiger partial charge in [-0.2, -0.15) is 0 Å². The van der Waals surface area contributed by atoms with Gasteiger partial charge in [-0.1, -0.05) is 11.6 Å². The van der Waals surface area contributed by atoms with E-state index in [-0.39, 0.29) is 36.2 Å². The number of hydrogen-bond acceptors (Lipinski definition) is 7. The quantitative estimate of drug-likeness (QED) is 0.472. The van der Waals surface area contributed by atoms with Crippen LogP contribution in [0.15, 0.2) is 11.6 Å². The Labute approximate surface area is 177 Å². The Bertz CT molecular complexity index is 725. The van der Waals surface area contributed by atoms with Crippen LogP contribution in [-0.4, -0.2) is 61.0 Å². The lowest BCUT2D eigenvalue weighted by molar-refractivity contribution is -0.127.